The first-order chi connectivity index (χ1) is 13.2. The molecular weight excluding hydrogens is 398 g/mol. The van der Waals surface area contributed by atoms with Crippen molar-refractivity contribution in [2.45, 2.75) is 30.6 Å². The molecule has 0 fully saturated rings. The molecule has 0 saturated heterocycles. The molecular formula is C19H25N3O4S2. The minimum absolute atomic E-state index is 0.179. The van der Waals surface area contributed by atoms with Gasteiger partial charge in [0.25, 0.3) is 15.9 Å². The Balaban J connectivity index is 2.11. The second-order valence-electron chi connectivity index (χ2n) is 6.75. The van der Waals surface area contributed by atoms with Crippen LogP contribution in [0.2, 0.25) is 0 Å². The minimum Gasteiger partial charge on any atom is -0.355 e. The molecule has 0 radical (unpaired) electrons. The van der Waals surface area contributed by atoms with E-state index in [9.17, 15) is 18.0 Å². The van der Waals surface area contributed by atoms with Gasteiger partial charge in [-0.1, -0.05) is 32.0 Å². The molecule has 0 aliphatic heterocycles. The molecule has 2 N–H and O–H groups in total. The van der Waals surface area contributed by atoms with Gasteiger partial charge in [-0.05, 0) is 35.1 Å². The van der Waals surface area contributed by atoms with E-state index in [1.807, 2.05) is 0 Å². The average Bonchev–Trinajstić information content (AvgIpc) is 3.21. The molecule has 0 unspecified atom stereocenters. The summed E-state index contributed by atoms with van der Waals surface area (Å²) in [7, 11) is -0.564. The number of thiophene rings is 1. The van der Waals surface area contributed by atoms with E-state index in [1.54, 1.807) is 63.7 Å². The number of carbonyl (C=O) groups excluding carboxylic acids is 2. The largest absolute Gasteiger partial charge is 0.355 e. The second kappa shape index (κ2) is 9.31. The van der Waals surface area contributed by atoms with E-state index < -0.39 is 16.1 Å². The smallest absolute Gasteiger partial charge is 0.251 e. The lowest BCUT2D eigenvalue weighted by atomic mass is 10.0. The molecule has 0 spiro atoms. The van der Waals surface area contributed by atoms with Gasteiger partial charge in [-0.25, -0.2) is 8.42 Å². The number of nitrogens with one attached hydrogen (secondary N) is 2. The summed E-state index contributed by atoms with van der Waals surface area (Å²) in [6.45, 7) is 3.90. The van der Waals surface area contributed by atoms with Crippen molar-refractivity contribution in [1.29, 1.82) is 0 Å². The summed E-state index contributed by atoms with van der Waals surface area (Å²) < 4.78 is 27.7. The third-order valence-electron chi connectivity index (χ3n) is 4.21. The summed E-state index contributed by atoms with van der Waals surface area (Å²) in [4.78, 5) is 26.0. The SMILES string of the molecule is CNC(=O)c1ccc(CN(C)C(=O)[C@H](NS(=O)(=O)c2cccs2)C(C)C)cc1. The summed E-state index contributed by atoms with van der Waals surface area (Å²) in [6, 6.07) is 9.20. The number of benzene rings is 1. The molecule has 0 aliphatic rings. The van der Waals surface area contributed by atoms with Crippen molar-refractivity contribution in [3.8, 4) is 0 Å². The molecule has 152 valence electrons. The van der Waals surface area contributed by atoms with Crippen LogP contribution in [0.3, 0.4) is 0 Å². The van der Waals surface area contributed by atoms with Crippen LogP contribution in [0, 0.1) is 5.92 Å². The average molecular weight is 424 g/mol. The predicted molar refractivity (Wildman–Crippen MR) is 110 cm³/mol. The predicted octanol–water partition coefficient (Wildman–Crippen LogP) is 2.07. The fourth-order valence-corrected chi connectivity index (χ4v) is 4.96. The van der Waals surface area contributed by atoms with E-state index in [-0.39, 0.29) is 21.9 Å². The summed E-state index contributed by atoms with van der Waals surface area (Å²) in [6.07, 6.45) is 0. The maximum absolute atomic E-state index is 12.9. The first-order valence-electron chi connectivity index (χ1n) is 8.77. The van der Waals surface area contributed by atoms with Crippen molar-refractivity contribution in [3.63, 3.8) is 0 Å². The molecule has 9 heteroatoms. The molecule has 1 aromatic carbocycles. The Morgan fingerprint density at radius 3 is 2.29 bits per heavy atom. The van der Waals surface area contributed by atoms with Gasteiger partial charge in [0.05, 0.1) is 0 Å². The number of hydrogen-bond donors (Lipinski definition) is 2. The molecule has 1 aromatic heterocycles. The lowest BCUT2D eigenvalue weighted by Gasteiger charge is -2.27. The fourth-order valence-electron chi connectivity index (χ4n) is 2.61. The van der Waals surface area contributed by atoms with Gasteiger partial charge in [-0.2, -0.15) is 4.72 Å². The summed E-state index contributed by atoms with van der Waals surface area (Å²) in [5.74, 6) is -0.718. The number of rotatable bonds is 8. The molecule has 28 heavy (non-hydrogen) atoms. The topological polar surface area (TPSA) is 95.6 Å². The van der Waals surface area contributed by atoms with Crippen LogP contribution >= 0.6 is 11.3 Å². The Hall–Kier alpha value is -2.23. The lowest BCUT2D eigenvalue weighted by molar-refractivity contribution is -0.133. The van der Waals surface area contributed by atoms with Crippen LogP contribution in [-0.2, 0) is 21.4 Å². The molecule has 1 heterocycles. The molecule has 0 aliphatic carbocycles. The van der Waals surface area contributed by atoms with E-state index in [4.69, 9.17) is 0 Å². The highest BCUT2D eigenvalue weighted by Gasteiger charge is 2.30. The Bertz CT molecular complexity index is 907. The van der Waals surface area contributed by atoms with Crippen LogP contribution < -0.4 is 10.0 Å². The Morgan fingerprint density at radius 2 is 1.79 bits per heavy atom. The minimum atomic E-state index is -3.75. The van der Waals surface area contributed by atoms with Crippen molar-refractivity contribution < 1.29 is 18.0 Å². The molecule has 0 saturated carbocycles. The third kappa shape index (κ3) is 5.40. The van der Waals surface area contributed by atoms with E-state index in [1.165, 1.54) is 11.0 Å². The first-order valence-corrected chi connectivity index (χ1v) is 11.1. The van der Waals surface area contributed by atoms with E-state index in [0.29, 0.717) is 12.1 Å². The number of sulfonamides is 1. The van der Waals surface area contributed by atoms with Crippen LogP contribution in [0.5, 0.6) is 0 Å². The Labute approximate surface area is 169 Å². The summed E-state index contributed by atoms with van der Waals surface area (Å²) >= 11 is 1.10. The van der Waals surface area contributed by atoms with Gasteiger partial charge in [0.1, 0.15) is 10.3 Å². The summed E-state index contributed by atoms with van der Waals surface area (Å²) in [5.41, 5.74) is 1.37. The van der Waals surface area contributed by atoms with Crippen LogP contribution in [0.4, 0.5) is 0 Å². The number of carbonyl (C=O) groups is 2. The van der Waals surface area contributed by atoms with Gasteiger partial charge in [0.15, 0.2) is 0 Å². The lowest BCUT2D eigenvalue weighted by Crippen LogP contribution is -2.49. The van der Waals surface area contributed by atoms with Crippen LogP contribution in [-0.4, -0.2) is 45.3 Å². The van der Waals surface area contributed by atoms with Crippen molar-refractivity contribution in [1.82, 2.24) is 14.9 Å². The van der Waals surface area contributed by atoms with E-state index in [2.05, 4.69) is 10.0 Å². The van der Waals surface area contributed by atoms with Crippen LogP contribution in [0.25, 0.3) is 0 Å². The monoisotopic (exact) mass is 423 g/mol. The van der Waals surface area contributed by atoms with Gasteiger partial charge in [-0.3, -0.25) is 9.59 Å². The van der Waals surface area contributed by atoms with Gasteiger partial charge in [0.2, 0.25) is 5.91 Å². The number of likely N-dealkylation sites (N-methyl/N-ethyl adjacent to an activating group) is 1. The van der Waals surface area contributed by atoms with E-state index >= 15 is 0 Å². The fraction of sp³-hybridized carbons (Fsp3) is 0.368. The number of amides is 2. The maximum atomic E-state index is 12.9. The van der Waals surface area contributed by atoms with Crippen LogP contribution in [0.1, 0.15) is 29.8 Å². The van der Waals surface area contributed by atoms with Crippen LogP contribution in [0.15, 0.2) is 46.0 Å². The zero-order valence-electron chi connectivity index (χ0n) is 16.3. The first kappa shape index (κ1) is 22.1. The van der Waals surface area contributed by atoms with Gasteiger partial charge in [-0.15, -0.1) is 11.3 Å². The Kier molecular flexibility index (Phi) is 7.34. The second-order valence-corrected chi connectivity index (χ2v) is 9.63. The zero-order valence-corrected chi connectivity index (χ0v) is 17.9. The molecule has 1 atom stereocenters. The van der Waals surface area contributed by atoms with Crippen molar-refractivity contribution in [2.75, 3.05) is 14.1 Å². The quantitative estimate of drug-likeness (QED) is 0.679. The Morgan fingerprint density at radius 1 is 1.14 bits per heavy atom. The van der Waals surface area contributed by atoms with Gasteiger partial charge < -0.3 is 10.2 Å². The van der Waals surface area contributed by atoms with Crippen molar-refractivity contribution >= 4 is 33.2 Å². The highest BCUT2D eigenvalue weighted by molar-refractivity contribution is 7.91. The highest BCUT2D eigenvalue weighted by atomic mass is 32.2. The van der Waals surface area contributed by atoms with Crippen molar-refractivity contribution in [3.05, 3.63) is 52.9 Å². The standard InChI is InChI=1S/C19H25N3O4S2/c1-13(2)17(21-28(25,26)16-6-5-11-27-16)19(24)22(4)12-14-7-9-15(10-8-14)18(23)20-3/h5-11,13,17,21H,12H2,1-4H3,(H,20,23)/t17-/m1/s1. The van der Waals surface area contributed by atoms with Crippen molar-refractivity contribution in [2.24, 2.45) is 5.92 Å². The molecule has 2 amide bonds. The maximum Gasteiger partial charge on any atom is 0.251 e. The van der Waals surface area contributed by atoms with Gasteiger partial charge in [0, 0.05) is 26.2 Å². The number of hydrogen-bond acceptors (Lipinski definition) is 5. The highest BCUT2D eigenvalue weighted by Crippen LogP contribution is 2.18. The molecule has 2 aromatic rings. The summed E-state index contributed by atoms with van der Waals surface area (Å²) in [5, 5.41) is 4.23. The number of nitrogens with zero attached hydrogens (tertiary/aromatic N) is 1. The molecule has 7 nitrogen and oxygen atoms in total. The molecule has 0 bridgehead atoms. The van der Waals surface area contributed by atoms with Gasteiger partial charge >= 0.3 is 0 Å². The zero-order chi connectivity index (χ0) is 20.9. The van der Waals surface area contributed by atoms with E-state index in [0.717, 1.165) is 16.9 Å². The molecule has 2 rings (SSSR count). The normalized spacial score (nSPS) is 12.6. The third-order valence-corrected chi connectivity index (χ3v) is 7.05.